The highest BCUT2D eigenvalue weighted by Gasteiger charge is 2.08. The SMILES string of the molecule is Clc1cccc(-c2cnc3ccc(NCc4cccs4)nn23)c1. The molecule has 6 heteroatoms. The standard InChI is InChI=1S/C17H13ClN4S/c18-13-4-1-3-12(9-13)15-11-20-17-7-6-16(21-22(15)17)19-10-14-5-2-8-23-14/h1-9,11H,10H2,(H,19,21). The summed E-state index contributed by atoms with van der Waals surface area (Å²) >= 11 is 7.81. The molecule has 0 saturated carbocycles. The van der Waals surface area contributed by atoms with Gasteiger partial charge in [-0.25, -0.2) is 9.50 Å². The minimum Gasteiger partial charge on any atom is -0.364 e. The molecule has 3 aromatic heterocycles. The maximum absolute atomic E-state index is 6.09. The van der Waals surface area contributed by atoms with Crippen molar-refractivity contribution in [3.63, 3.8) is 0 Å². The lowest BCUT2D eigenvalue weighted by Crippen LogP contribution is -2.03. The predicted octanol–water partition coefficient (Wildman–Crippen LogP) is 4.72. The van der Waals surface area contributed by atoms with Crippen LogP contribution in [0.15, 0.2) is 60.1 Å². The molecule has 3 heterocycles. The van der Waals surface area contributed by atoms with Gasteiger partial charge in [0.05, 0.1) is 18.4 Å². The molecule has 23 heavy (non-hydrogen) atoms. The van der Waals surface area contributed by atoms with Crippen molar-refractivity contribution in [1.29, 1.82) is 0 Å². The fraction of sp³-hybridized carbons (Fsp3) is 0.0588. The third-order valence-electron chi connectivity index (χ3n) is 3.51. The largest absolute Gasteiger partial charge is 0.364 e. The van der Waals surface area contributed by atoms with Crippen LogP contribution in [-0.4, -0.2) is 14.6 Å². The van der Waals surface area contributed by atoms with Gasteiger partial charge < -0.3 is 5.32 Å². The van der Waals surface area contributed by atoms with Crippen molar-refractivity contribution < 1.29 is 0 Å². The summed E-state index contributed by atoms with van der Waals surface area (Å²) in [6.07, 6.45) is 1.82. The highest BCUT2D eigenvalue weighted by atomic mass is 35.5. The van der Waals surface area contributed by atoms with Crippen molar-refractivity contribution in [2.24, 2.45) is 0 Å². The molecular weight excluding hydrogens is 328 g/mol. The van der Waals surface area contributed by atoms with Crippen LogP contribution in [0.2, 0.25) is 5.02 Å². The molecule has 0 amide bonds. The van der Waals surface area contributed by atoms with E-state index in [1.807, 2.05) is 53.2 Å². The summed E-state index contributed by atoms with van der Waals surface area (Å²) in [7, 11) is 0. The normalized spacial score (nSPS) is 11.0. The zero-order chi connectivity index (χ0) is 15.6. The number of halogens is 1. The van der Waals surface area contributed by atoms with E-state index in [2.05, 4.69) is 26.8 Å². The Bertz CT molecular complexity index is 946. The van der Waals surface area contributed by atoms with Crippen LogP contribution in [0, 0.1) is 0 Å². The zero-order valence-corrected chi connectivity index (χ0v) is 13.7. The first-order chi connectivity index (χ1) is 11.3. The molecule has 0 aliphatic heterocycles. The number of nitrogens with one attached hydrogen (secondary N) is 1. The van der Waals surface area contributed by atoms with Crippen molar-refractivity contribution in [3.05, 3.63) is 70.0 Å². The number of hydrogen-bond acceptors (Lipinski definition) is 4. The highest BCUT2D eigenvalue weighted by molar-refractivity contribution is 7.09. The maximum atomic E-state index is 6.09. The summed E-state index contributed by atoms with van der Waals surface area (Å²) in [5.74, 6) is 0.812. The van der Waals surface area contributed by atoms with E-state index in [1.54, 1.807) is 11.3 Å². The molecule has 0 fully saturated rings. The third kappa shape index (κ3) is 2.93. The molecule has 0 spiro atoms. The van der Waals surface area contributed by atoms with Crippen molar-refractivity contribution in [2.45, 2.75) is 6.54 Å². The van der Waals surface area contributed by atoms with E-state index in [1.165, 1.54) is 4.88 Å². The van der Waals surface area contributed by atoms with Gasteiger partial charge in [0.2, 0.25) is 0 Å². The number of fused-ring (bicyclic) bond motifs is 1. The van der Waals surface area contributed by atoms with Gasteiger partial charge in [0.1, 0.15) is 5.82 Å². The second kappa shape index (κ2) is 6.02. The summed E-state index contributed by atoms with van der Waals surface area (Å²) in [6.45, 7) is 0.761. The Balaban J connectivity index is 1.68. The van der Waals surface area contributed by atoms with Gasteiger partial charge in [-0.1, -0.05) is 29.8 Å². The Labute approximate surface area is 142 Å². The molecule has 0 aliphatic rings. The first-order valence-corrected chi connectivity index (χ1v) is 8.42. The minimum absolute atomic E-state index is 0.699. The molecule has 0 radical (unpaired) electrons. The summed E-state index contributed by atoms with van der Waals surface area (Å²) < 4.78 is 1.84. The number of benzene rings is 1. The number of rotatable bonds is 4. The number of anilines is 1. The molecule has 0 bridgehead atoms. The number of aromatic nitrogens is 3. The van der Waals surface area contributed by atoms with Gasteiger partial charge in [-0.15, -0.1) is 16.4 Å². The van der Waals surface area contributed by atoms with Crippen molar-refractivity contribution in [2.75, 3.05) is 5.32 Å². The molecule has 1 aromatic carbocycles. The fourth-order valence-electron chi connectivity index (χ4n) is 2.40. The Morgan fingerprint density at radius 3 is 2.91 bits per heavy atom. The Morgan fingerprint density at radius 1 is 1.13 bits per heavy atom. The van der Waals surface area contributed by atoms with Gasteiger partial charge in [0.15, 0.2) is 5.65 Å². The maximum Gasteiger partial charge on any atom is 0.154 e. The molecule has 4 nitrogen and oxygen atoms in total. The van der Waals surface area contributed by atoms with Gasteiger partial charge in [0.25, 0.3) is 0 Å². The van der Waals surface area contributed by atoms with Crippen LogP contribution < -0.4 is 5.32 Å². The van der Waals surface area contributed by atoms with E-state index in [0.29, 0.717) is 5.02 Å². The van der Waals surface area contributed by atoms with Crippen LogP contribution in [0.4, 0.5) is 5.82 Å². The van der Waals surface area contributed by atoms with Gasteiger partial charge in [-0.2, -0.15) is 0 Å². The molecule has 4 aromatic rings. The van der Waals surface area contributed by atoms with Crippen LogP contribution in [0.25, 0.3) is 16.9 Å². The number of thiophene rings is 1. The molecule has 114 valence electrons. The van der Waals surface area contributed by atoms with Gasteiger partial charge in [0, 0.05) is 15.5 Å². The van der Waals surface area contributed by atoms with Crippen molar-refractivity contribution in [1.82, 2.24) is 14.6 Å². The van der Waals surface area contributed by atoms with Crippen molar-refractivity contribution in [3.8, 4) is 11.3 Å². The smallest absolute Gasteiger partial charge is 0.154 e. The number of imidazole rings is 1. The summed E-state index contributed by atoms with van der Waals surface area (Å²) in [6, 6.07) is 15.7. The predicted molar refractivity (Wildman–Crippen MR) is 95.1 cm³/mol. The van der Waals surface area contributed by atoms with Gasteiger partial charge in [-0.05, 0) is 35.7 Å². The van der Waals surface area contributed by atoms with Crippen LogP contribution in [0.1, 0.15) is 4.88 Å². The fourth-order valence-corrected chi connectivity index (χ4v) is 3.24. The van der Waals surface area contributed by atoms with Gasteiger partial charge in [-0.3, -0.25) is 0 Å². The second-order valence-corrected chi connectivity index (χ2v) is 6.54. The Hall–Kier alpha value is -2.37. The molecule has 1 N–H and O–H groups in total. The molecule has 0 unspecified atom stereocenters. The average Bonchev–Trinajstić information content (AvgIpc) is 3.22. The van der Waals surface area contributed by atoms with Crippen LogP contribution in [-0.2, 0) is 6.54 Å². The summed E-state index contributed by atoms with van der Waals surface area (Å²) in [5.41, 5.74) is 2.72. The second-order valence-electron chi connectivity index (χ2n) is 5.08. The topological polar surface area (TPSA) is 42.2 Å². The number of hydrogen-bond donors (Lipinski definition) is 1. The third-order valence-corrected chi connectivity index (χ3v) is 4.62. The van der Waals surface area contributed by atoms with Crippen LogP contribution in [0.5, 0.6) is 0 Å². The van der Waals surface area contributed by atoms with E-state index < -0.39 is 0 Å². The van der Waals surface area contributed by atoms with E-state index in [9.17, 15) is 0 Å². The van der Waals surface area contributed by atoms with E-state index in [4.69, 9.17) is 11.6 Å². The van der Waals surface area contributed by atoms with E-state index in [-0.39, 0.29) is 0 Å². The lowest BCUT2D eigenvalue weighted by atomic mass is 10.2. The molecular formula is C17H13ClN4S. The molecule has 0 atom stereocenters. The molecule has 4 rings (SSSR count). The van der Waals surface area contributed by atoms with E-state index in [0.717, 1.165) is 29.3 Å². The first kappa shape index (κ1) is 14.2. The lowest BCUT2D eigenvalue weighted by molar-refractivity contribution is 0.933. The van der Waals surface area contributed by atoms with Crippen LogP contribution in [0.3, 0.4) is 0 Å². The van der Waals surface area contributed by atoms with Gasteiger partial charge >= 0.3 is 0 Å². The summed E-state index contributed by atoms with van der Waals surface area (Å²) in [4.78, 5) is 5.68. The van der Waals surface area contributed by atoms with E-state index >= 15 is 0 Å². The summed E-state index contributed by atoms with van der Waals surface area (Å²) in [5, 5.41) is 10.8. The highest BCUT2D eigenvalue weighted by Crippen LogP contribution is 2.23. The zero-order valence-electron chi connectivity index (χ0n) is 12.1. The monoisotopic (exact) mass is 340 g/mol. The molecule has 0 saturated heterocycles. The Morgan fingerprint density at radius 2 is 2.09 bits per heavy atom. The Kier molecular flexibility index (Phi) is 3.73. The quantitative estimate of drug-likeness (QED) is 0.584. The van der Waals surface area contributed by atoms with Crippen molar-refractivity contribution >= 4 is 34.4 Å². The average molecular weight is 341 g/mol. The molecule has 0 aliphatic carbocycles. The lowest BCUT2D eigenvalue weighted by Gasteiger charge is -2.06. The van der Waals surface area contributed by atoms with Crippen LogP contribution >= 0.6 is 22.9 Å². The minimum atomic E-state index is 0.699. The first-order valence-electron chi connectivity index (χ1n) is 7.16. The number of nitrogens with zero attached hydrogens (tertiary/aromatic N) is 3.